The van der Waals surface area contributed by atoms with Crippen LogP contribution < -0.4 is 0 Å². The molecule has 1 atom stereocenters. The van der Waals surface area contributed by atoms with Gasteiger partial charge in [0.1, 0.15) is 6.54 Å². The van der Waals surface area contributed by atoms with Crippen LogP contribution in [0.15, 0.2) is 60.7 Å². The molecule has 1 aliphatic carbocycles. The van der Waals surface area contributed by atoms with E-state index in [1.807, 2.05) is 0 Å². The van der Waals surface area contributed by atoms with Gasteiger partial charge < -0.3 is 0 Å². The molecule has 1 nitrogen and oxygen atoms in total. The third-order valence-electron chi connectivity index (χ3n) is 5.24. The van der Waals surface area contributed by atoms with Crippen LogP contribution in [0.5, 0.6) is 0 Å². The lowest BCUT2D eigenvalue weighted by molar-refractivity contribution is -0.554. The molecule has 0 bridgehead atoms. The Morgan fingerprint density at radius 3 is 2.46 bits per heavy atom. The van der Waals surface area contributed by atoms with Gasteiger partial charge in [0.05, 0.1) is 0 Å². The SMILES string of the molecule is CCCC[N+]1=Cc2ccccc2C(c2ccccc2)=CC1C1CC1. The first kappa shape index (κ1) is 15.4. The molecular formula is C23H26N+. The van der Waals surface area contributed by atoms with E-state index in [1.54, 1.807) is 0 Å². The second-order valence-corrected chi connectivity index (χ2v) is 7.08. The molecule has 0 saturated heterocycles. The Morgan fingerprint density at radius 2 is 1.71 bits per heavy atom. The van der Waals surface area contributed by atoms with Crippen molar-refractivity contribution in [2.24, 2.45) is 5.92 Å². The van der Waals surface area contributed by atoms with Gasteiger partial charge >= 0.3 is 0 Å². The molecule has 4 rings (SSSR count). The van der Waals surface area contributed by atoms with Gasteiger partial charge in [0.15, 0.2) is 12.3 Å². The second kappa shape index (κ2) is 6.76. The maximum absolute atomic E-state index is 2.61. The van der Waals surface area contributed by atoms with E-state index in [2.05, 4.69) is 78.4 Å². The summed E-state index contributed by atoms with van der Waals surface area (Å²) in [5.41, 5.74) is 5.46. The van der Waals surface area contributed by atoms with E-state index in [0.717, 1.165) is 12.5 Å². The number of fused-ring (bicyclic) bond motifs is 1. The Balaban J connectivity index is 1.85. The number of rotatable bonds is 5. The molecule has 0 aromatic heterocycles. The largest absolute Gasteiger partial charge is 0.229 e. The molecule has 1 heterocycles. The predicted molar refractivity (Wildman–Crippen MR) is 102 cm³/mol. The fraction of sp³-hybridized carbons (Fsp3) is 0.348. The molecule has 1 saturated carbocycles. The Morgan fingerprint density at radius 1 is 0.958 bits per heavy atom. The molecule has 1 fully saturated rings. The number of nitrogens with zero attached hydrogens (tertiary/aromatic N) is 1. The minimum absolute atomic E-state index is 0.541. The summed E-state index contributed by atoms with van der Waals surface area (Å²) in [6.45, 7) is 3.44. The van der Waals surface area contributed by atoms with Gasteiger partial charge in [0.25, 0.3) is 0 Å². The summed E-state index contributed by atoms with van der Waals surface area (Å²) in [5, 5.41) is 0. The summed E-state index contributed by atoms with van der Waals surface area (Å²) in [4.78, 5) is 0. The molecule has 2 aromatic carbocycles. The topological polar surface area (TPSA) is 3.01 Å². The van der Waals surface area contributed by atoms with Crippen molar-refractivity contribution < 1.29 is 4.58 Å². The number of hydrogen-bond donors (Lipinski definition) is 0. The summed E-state index contributed by atoms with van der Waals surface area (Å²) in [7, 11) is 0. The van der Waals surface area contributed by atoms with Crippen LogP contribution in [0.3, 0.4) is 0 Å². The molecule has 1 heteroatoms. The summed E-state index contributed by atoms with van der Waals surface area (Å²) < 4.78 is 2.61. The van der Waals surface area contributed by atoms with Gasteiger partial charge in [-0.3, -0.25) is 0 Å². The highest BCUT2D eigenvalue weighted by Crippen LogP contribution is 2.38. The second-order valence-electron chi connectivity index (χ2n) is 7.08. The highest BCUT2D eigenvalue weighted by atomic mass is 15.0. The van der Waals surface area contributed by atoms with Crippen molar-refractivity contribution in [1.29, 1.82) is 0 Å². The van der Waals surface area contributed by atoms with Crippen molar-refractivity contribution in [2.45, 2.75) is 38.6 Å². The lowest BCUT2D eigenvalue weighted by Gasteiger charge is -2.13. The zero-order valence-corrected chi connectivity index (χ0v) is 14.5. The van der Waals surface area contributed by atoms with Crippen LogP contribution in [-0.4, -0.2) is 23.4 Å². The van der Waals surface area contributed by atoms with Crippen LogP contribution in [0.1, 0.15) is 49.3 Å². The molecule has 1 unspecified atom stereocenters. The molecule has 2 aromatic rings. The van der Waals surface area contributed by atoms with E-state index in [-0.39, 0.29) is 0 Å². The van der Waals surface area contributed by atoms with Crippen molar-refractivity contribution in [3.63, 3.8) is 0 Å². The fourth-order valence-corrected chi connectivity index (χ4v) is 3.74. The third kappa shape index (κ3) is 3.08. The van der Waals surface area contributed by atoms with Crippen LogP contribution in [0.4, 0.5) is 0 Å². The van der Waals surface area contributed by atoms with Gasteiger partial charge in [-0.1, -0.05) is 61.9 Å². The lowest BCUT2D eigenvalue weighted by atomic mass is 9.93. The van der Waals surface area contributed by atoms with Crippen LogP contribution in [0.25, 0.3) is 5.57 Å². The van der Waals surface area contributed by atoms with Crippen molar-refractivity contribution in [3.8, 4) is 0 Å². The first-order valence-corrected chi connectivity index (χ1v) is 9.34. The molecule has 24 heavy (non-hydrogen) atoms. The first-order chi connectivity index (χ1) is 11.9. The van der Waals surface area contributed by atoms with Gasteiger partial charge in [-0.15, -0.1) is 0 Å². The first-order valence-electron chi connectivity index (χ1n) is 9.34. The highest BCUT2D eigenvalue weighted by Gasteiger charge is 2.38. The van der Waals surface area contributed by atoms with Gasteiger partial charge in [-0.2, -0.15) is 0 Å². The monoisotopic (exact) mass is 316 g/mol. The zero-order valence-electron chi connectivity index (χ0n) is 14.5. The van der Waals surface area contributed by atoms with E-state index in [4.69, 9.17) is 0 Å². The smallest absolute Gasteiger partial charge is 0.174 e. The van der Waals surface area contributed by atoms with Crippen LogP contribution in [0, 0.1) is 5.92 Å². The van der Waals surface area contributed by atoms with Crippen molar-refractivity contribution >= 4 is 11.8 Å². The molecule has 1 aliphatic heterocycles. The van der Waals surface area contributed by atoms with E-state index in [9.17, 15) is 0 Å². The Bertz CT molecular complexity index is 766. The van der Waals surface area contributed by atoms with E-state index in [0.29, 0.717) is 6.04 Å². The summed E-state index contributed by atoms with van der Waals surface area (Å²) >= 11 is 0. The molecule has 2 aliphatic rings. The average molecular weight is 316 g/mol. The summed E-state index contributed by atoms with van der Waals surface area (Å²) in [5.74, 6) is 0.825. The predicted octanol–water partition coefficient (Wildman–Crippen LogP) is 5.14. The third-order valence-corrected chi connectivity index (χ3v) is 5.24. The Hall–Kier alpha value is -2.15. The van der Waals surface area contributed by atoms with Gasteiger partial charge in [-0.05, 0) is 41.7 Å². The van der Waals surface area contributed by atoms with Crippen molar-refractivity contribution in [1.82, 2.24) is 0 Å². The molecule has 0 amide bonds. The van der Waals surface area contributed by atoms with Crippen molar-refractivity contribution in [3.05, 3.63) is 77.4 Å². The van der Waals surface area contributed by atoms with E-state index >= 15 is 0 Å². The Kier molecular flexibility index (Phi) is 4.34. The van der Waals surface area contributed by atoms with Gasteiger partial charge in [-0.25, -0.2) is 4.58 Å². The minimum atomic E-state index is 0.541. The molecule has 122 valence electrons. The molecule has 0 spiro atoms. The lowest BCUT2D eigenvalue weighted by Crippen LogP contribution is -2.28. The Labute approximate surface area is 145 Å². The van der Waals surface area contributed by atoms with Crippen LogP contribution in [0.2, 0.25) is 0 Å². The van der Waals surface area contributed by atoms with E-state index < -0.39 is 0 Å². The van der Waals surface area contributed by atoms with Crippen LogP contribution in [-0.2, 0) is 0 Å². The van der Waals surface area contributed by atoms with Crippen LogP contribution >= 0.6 is 0 Å². The molecule has 0 radical (unpaired) electrons. The van der Waals surface area contributed by atoms with Gasteiger partial charge in [0.2, 0.25) is 0 Å². The highest BCUT2D eigenvalue weighted by molar-refractivity contribution is 5.92. The maximum atomic E-state index is 2.61. The zero-order chi connectivity index (χ0) is 16.4. The fourth-order valence-electron chi connectivity index (χ4n) is 3.74. The number of hydrogen-bond acceptors (Lipinski definition) is 0. The summed E-state index contributed by atoms with van der Waals surface area (Å²) in [6.07, 6.45) is 10.2. The number of unbranched alkanes of at least 4 members (excludes halogenated alkanes) is 1. The molecule has 0 N–H and O–H groups in total. The average Bonchev–Trinajstić information content (AvgIpc) is 3.46. The molecular weight excluding hydrogens is 290 g/mol. The normalized spacial score (nSPS) is 20.0. The minimum Gasteiger partial charge on any atom is -0.229 e. The van der Waals surface area contributed by atoms with E-state index in [1.165, 1.54) is 47.9 Å². The maximum Gasteiger partial charge on any atom is 0.174 e. The van der Waals surface area contributed by atoms with Crippen molar-refractivity contribution in [2.75, 3.05) is 6.54 Å². The number of benzene rings is 2. The summed E-state index contributed by atoms with van der Waals surface area (Å²) in [6, 6.07) is 20.3. The quantitative estimate of drug-likeness (QED) is 0.672. The van der Waals surface area contributed by atoms with Gasteiger partial charge in [0, 0.05) is 17.9 Å². The standard InChI is InChI=1S/C23H26N/c1-2-3-15-24-17-20-11-7-8-12-21(20)22(16-23(24)19-13-14-19)18-9-5-4-6-10-18/h4-12,16-17,19,23H,2-3,13-15H2,1H3/q+1.